The van der Waals surface area contributed by atoms with Gasteiger partial charge in [-0.1, -0.05) is 15.9 Å². The molecule has 4 nitrogen and oxygen atoms in total. The molecule has 0 bridgehead atoms. The number of ketones is 1. The van der Waals surface area contributed by atoms with Crippen LogP contribution < -0.4 is 14.2 Å². The van der Waals surface area contributed by atoms with Crippen molar-refractivity contribution in [3.63, 3.8) is 0 Å². The first kappa shape index (κ1) is 15.4. The van der Waals surface area contributed by atoms with Crippen molar-refractivity contribution in [2.75, 3.05) is 21.3 Å². The summed E-state index contributed by atoms with van der Waals surface area (Å²) in [6, 6.07) is 10.4. The Morgan fingerprint density at radius 2 is 1.48 bits per heavy atom. The minimum Gasteiger partial charge on any atom is -0.496 e. The summed E-state index contributed by atoms with van der Waals surface area (Å²) in [5.74, 6) is 1.47. The standard InChI is InChI=1S/C16H15BrO4/c1-19-13-7-5-11(17)9-12(13)16(18)10-4-6-14(20-2)15(8-10)21-3/h4-9H,1-3H3. The van der Waals surface area contributed by atoms with Crippen LogP contribution in [0, 0.1) is 0 Å². The van der Waals surface area contributed by atoms with Crippen molar-refractivity contribution in [3.05, 3.63) is 52.0 Å². The Bertz CT molecular complexity index is 667. The molecule has 21 heavy (non-hydrogen) atoms. The van der Waals surface area contributed by atoms with Gasteiger partial charge in [0.1, 0.15) is 5.75 Å². The molecule has 0 aliphatic rings. The van der Waals surface area contributed by atoms with Crippen LogP contribution in [0.15, 0.2) is 40.9 Å². The molecule has 0 saturated heterocycles. The monoisotopic (exact) mass is 350 g/mol. The van der Waals surface area contributed by atoms with Crippen molar-refractivity contribution >= 4 is 21.7 Å². The lowest BCUT2D eigenvalue weighted by Crippen LogP contribution is -2.05. The maximum atomic E-state index is 12.6. The van der Waals surface area contributed by atoms with Crippen molar-refractivity contribution in [1.29, 1.82) is 0 Å². The molecule has 0 radical (unpaired) electrons. The summed E-state index contributed by atoms with van der Waals surface area (Å²) < 4.78 is 16.5. The van der Waals surface area contributed by atoms with E-state index >= 15 is 0 Å². The second-order valence-corrected chi connectivity index (χ2v) is 5.16. The van der Waals surface area contributed by atoms with Crippen LogP contribution in [-0.4, -0.2) is 27.1 Å². The first-order valence-electron chi connectivity index (χ1n) is 6.21. The lowest BCUT2D eigenvalue weighted by molar-refractivity contribution is 0.103. The number of rotatable bonds is 5. The third kappa shape index (κ3) is 3.19. The van der Waals surface area contributed by atoms with Crippen LogP contribution in [-0.2, 0) is 0 Å². The Balaban J connectivity index is 2.47. The summed E-state index contributed by atoms with van der Waals surface area (Å²) in [6.45, 7) is 0. The lowest BCUT2D eigenvalue weighted by atomic mass is 10.0. The number of ether oxygens (including phenoxy) is 3. The molecule has 5 heteroatoms. The van der Waals surface area contributed by atoms with E-state index in [4.69, 9.17) is 14.2 Å². The molecule has 2 rings (SSSR count). The van der Waals surface area contributed by atoms with E-state index in [1.165, 1.54) is 14.2 Å². The maximum Gasteiger partial charge on any atom is 0.196 e. The Hall–Kier alpha value is -2.01. The first-order chi connectivity index (χ1) is 10.1. The number of hydrogen-bond acceptors (Lipinski definition) is 4. The van der Waals surface area contributed by atoms with Crippen LogP contribution >= 0.6 is 15.9 Å². The minimum absolute atomic E-state index is 0.144. The van der Waals surface area contributed by atoms with Gasteiger partial charge in [-0.15, -0.1) is 0 Å². The van der Waals surface area contributed by atoms with E-state index in [9.17, 15) is 4.79 Å². The third-order valence-corrected chi connectivity index (χ3v) is 3.55. The predicted molar refractivity (Wildman–Crippen MR) is 83.7 cm³/mol. The largest absolute Gasteiger partial charge is 0.496 e. The van der Waals surface area contributed by atoms with E-state index in [0.717, 1.165) is 4.47 Å². The zero-order chi connectivity index (χ0) is 15.4. The number of methoxy groups -OCH3 is 3. The summed E-state index contributed by atoms with van der Waals surface area (Å²) in [7, 11) is 4.62. The molecule has 0 atom stereocenters. The molecule has 0 N–H and O–H groups in total. The minimum atomic E-state index is -0.144. The average molecular weight is 351 g/mol. The van der Waals surface area contributed by atoms with Crippen molar-refractivity contribution in [1.82, 2.24) is 0 Å². The Kier molecular flexibility index (Phi) is 4.85. The molecule has 0 aliphatic carbocycles. The summed E-state index contributed by atoms with van der Waals surface area (Å²) in [6.07, 6.45) is 0. The predicted octanol–water partition coefficient (Wildman–Crippen LogP) is 3.71. The van der Waals surface area contributed by atoms with E-state index in [0.29, 0.717) is 28.4 Å². The SMILES string of the molecule is COc1ccc(C(=O)c2cc(Br)ccc2OC)cc1OC. The Labute approximate surface area is 131 Å². The van der Waals surface area contributed by atoms with Crippen LogP contribution in [0.1, 0.15) is 15.9 Å². The van der Waals surface area contributed by atoms with Crippen LogP contribution in [0.4, 0.5) is 0 Å². The molecule has 0 unspecified atom stereocenters. The van der Waals surface area contributed by atoms with Gasteiger partial charge in [-0.05, 0) is 36.4 Å². The molecule has 0 amide bonds. The van der Waals surface area contributed by atoms with Gasteiger partial charge in [-0.2, -0.15) is 0 Å². The van der Waals surface area contributed by atoms with Crippen LogP contribution in [0.25, 0.3) is 0 Å². The molecule has 0 spiro atoms. The van der Waals surface area contributed by atoms with Gasteiger partial charge in [0.15, 0.2) is 17.3 Å². The summed E-state index contributed by atoms with van der Waals surface area (Å²) in [5, 5.41) is 0. The number of carbonyl (C=O) groups is 1. The molecule has 0 heterocycles. The Morgan fingerprint density at radius 3 is 2.10 bits per heavy atom. The first-order valence-corrected chi connectivity index (χ1v) is 7.00. The highest BCUT2D eigenvalue weighted by Crippen LogP contribution is 2.31. The molecule has 0 aromatic heterocycles. The van der Waals surface area contributed by atoms with Gasteiger partial charge < -0.3 is 14.2 Å². The van der Waals surface area contributed by atoms with Gasteiger partial charge in [0, 0.05) is 10.0 Å². The number of carbonyl (C=O) groups excluding carboxylic acids is 1. The van der Waals surface area contributed by atoms with Gasteiger partial charge >= 0.3 is 0 Å². The fourth-order valence-corrected chi connectivity index (χ4v) is 2.35. The third-order valence-electron chi connectivity index (χ3n) is 3.05. The zero-order valence-electron chi connectivity index (χ0n) is 12.0. The fourth-order valence-electron chi connectivity index (χ4n) is 1.99. The van der Waals surface area contributed by atoms with Crippen molar-refractivity contribution in [2.24, 2.45) is 0 Å². The van der Waals surface area contributed by atoms with Crippen LogP contribution in [0.5, 0.6) is 17.2 Å². The zero-order valence-corrected chi connectivity index (χ0v) is 13.6. The molecule has 0 fully saturated rings. The topological polar surface area (TPSA) is 44.8 Å². The van der Waals surface area contributed by atoms with E-state index in [2.05, 4.69) is 15.9 Å². The summed E-state index contributed by atoms with van der Waals surface area (Å²) in [5.41, 5.74) is 0.989. The highest BCUT2D eigenvalue weighted by atomic mass is 79.9. The highest BCUT2D eigenvalue weighted by molar-refractivity contribution is 9.10. The van der Waals surface area contributed by atoms with Gasteiger partial charge in [0.05, 0.1) is 26.9 Å². The van der Waals surface area contributed by atoms with E-state index in [-0.39, 0.29) is 5.78 Å². The Morgan fingerprint density at radius 1 is 0.857 bits per heavy atom. The number of benzene rings is 2. The van der Waals surface area contributed by atoms with Gasteiger partial charge in [0.25, 0.3) is 0 Å². The molecule has 110 valence electrons. The smallest absolute Gasteiger partial charge is 0.196 e. The molecule has 2 aromatic carbocycles. The molecule has 0 saturated carbocycles. The van der Waals surface area contributed by atoms with Crippen molar-refractivity contribution < 1.29 is 19.0 Å². The molecule has 2 aromatic rings. The molecular formula is C16H15BrO4. The van der Waals surface area contributed by atoms with E-state index in [1.54, 1.807) is 37.4 Å². The highest BCUT2D eigenvalue weighted by Gasteiger charge is 2.17. The van der Waals surface area contributed by atoms with Gasteiger partial charge in [0.2, 0.25) is 0 Å². The lowest BCUT2D eigenvalue weighted by Gasteiger charge is -2.11. The van der Waals surface area contributed by atoms with Gasteiger partial charge in [-0.25, -0.2) is 0 Å². The second-order valence-electron chi connectivity index (χ2n) is 4.24. The normalized spacial score (nSPS) is 10.1. The van der Waals surface area contributed by atoms with Crippen LogP contribution in [0.2, 0.25) is 0 Å². The number of hydrogen-bond donors (Lipinski definition) is 0. The fraction of sp³-hybridized carbons (Fsp3) is 0.188. The second kappa shape index (κ2) is 6.63. The number of halogens is 1. The molecule has 0 aliphatic heterocycles. The van der Waals surface area contributed by atoms with E-state index < -0.39 is 0 Å². The van der Waals surface area contributed by atoms with Gasteiger partial charge in [-0.3, -0.25) is 4.79 Å². The maximum absolute atomic E-state index is 12.6. The van der Waals surface area contributed by atoms with Crippen LogP contribution in [0.3, 0.4) is 0 Å². The summed E-state index contributed by atoms with van der Waals surface area (Å²) >= 11 is 3.36. The molecular weight excluding hydrogens is 336 g/mol. The van der Waals surface area contributed by atoms with Crippen molar-refractivity contribution in [3.8, 4) is 17.2 Å². The summed E-state index contributed by atoms with van der Waals surface area (Å²) in [4.78, 5) is 12.6. The average Bonchev–Trinajstić information content (AvgIpc) is 2.53. The quantitative estimate of drug-likeness (QED) is 0.771. The van der Waals surface area contributed by atoms with E-state index in [1.807, 2.05) is 6.07 Å². The van der Waals surface area contributed by atoms with Crippen molar-refractivity contribution in [2.45, 2.75) is 0 Å².